The standard InChI is InChI=1S/C20H29N3O2/c1-15(2)11-17-12-20(25-22-17)14-21-16-7-9-23(10-8-16)18-5-4-6-19(13-18)24-3/h4-6,12-13,15-16,21H,7-11,14H2,1-3H3. The molecule has 1 aromatic carbocycles. The molecule has 5 nitrogen and oxygen atoms in total. The van der Waals surface area contributed by atoms with E-state index in [9.17, 15) is 0 Å². The number of ether oxygens (including phenoxy) is 1. The van der Waals surface area contributed by atoms with Crippen molar-refractivity contribution in [3.63, 3.8) is 0 Å². The number of nitrogens with one attached hydrogen (secondary N) is 1. The van der Waals surface area contributed by atoms with Crippen LogP contribution >= 0.6 is 0 Å². The van der Waals surface area contributed by atoms with Gasteiger partial charge in [-0.1, -0.05) is 25.1 Å². The summed E-state index contributed by atoms with van der Waals surface area (Å²) < 4.78 is 10.8. The fourth-order valence-corrected chi connectivity index (χ4v) is 3.35. The summed E-state index contributed by atoms with van der Waals surface area (Å²) in [7, 11) is 1.71. The normalized spacial score (nSPS) is 15.8. The molecular weight excluding hydrogens is 314 g/mol. The van der Waals surface area contributed by atoms with Crippen molar-refractivity contribution in [2.45, 2.75) is 45.7 Å². The van der Waals surface area contributed by atoms with Crippen molar-refractivity contribution >= 4 is 5.69 Å². The van der Waals surface area contributed by atoms with Gasteiger partial charge >= 0.3 is 0 Å². The summed E-state index contributed by atoms with van der Waals surface area (Å²) in [5, 5.41) is 7.77. The number of benzene rings is 1. The molecule has 2 aromatic rings. The third-order valence-electron chi connectivity index (χ3n) is 4.70. The zero-order valence-electron chi connectivity index (χ0n) is 15.5. The maximum absolute atomic E-state index is 5.44. The molecule has 136 valence electrons. The van der Waals surface area contributed by atoms with Gasteiger partial charge in [0.05, 0.1) is 19.3 Å². The Labute approximate surface area is 150 Å². The molecule has 5 heteroatoms. The fourth-order valence-electron chi connectivity index (χ4n) is 3.35. The van der Waals surface area contributed by atoms with E-state index >= 15 is 0 Å². The van der Waals surface area contributed by atoms with Crippen molar-refractivity contribution in [3.8, 4) is 5.75 Å². The molecule has 3 rings (SSSR count). The minimum absolute atomic E-state index is 0.528. The van der Waals surface area contributed by atoms with Gasteiger partial charge in [-0.05, 0) is 37.3 Å². The van der Waals surface area contributed by atoms with Gasteiger partial charge in [-0.2, -0.15) is 0 Å². The van der Waals surface area contributed by atoms with Crippen molar-refractivity contribution < 1.29 is 9.26 Å². The maximum Gasteiger partial charge on any atom is 0.150 e. The number of aromatic nitrogens is 1. The topological polar surface area (TPSA) is 50.5 Å². The lowest BCUT2D eigenvalue weighted by Crippen LogP contribution is -2.42. The molecule has 1 aliphatic rings. The van der Waals surface area contributed by atoms with Crippen LogP contribution in [-0.2, 0) is 13.0 Å². The molecule has 0 aliphatic carbocycles. The second-order valence-corrected chi connectivity index (χ2v) is 7.23. The molecule has 0 saturated carbocycles. The molecule has 0 amide bonds. The van der Waals surface area contributed by atoms with Gasteiger partial charge in [0.1, 0.15) is 5.75 Å². The molecule has 0 bridgehead atoms. The molecule has 1 N–H and O–H groups in total. The lowest BCUT2D eigenvalue weighted by atomic mass is 10.0. The van der Waals surface area contributed by atoms with Gasteiger partial charge in [0.25, 0.3) is 0 Å². The van der Waals surface area contributed by atoms with Gasteiger partial charge < -0.3 is 19.5 Å². The largest absolute Gasteiger partial charge is 0.497 e. The Morgan fingerprint density at radius 2 is 2.08 bits per heavy atom. The Hall–Kier alpha value is -2.01. The predicted octanol–water partition coefficient (Wildman–Crippen LogP) is 3.64. The molecule has 2 heterocycles. The van der Waals surface area contributed by atoms with Crippen LogP contribution in [0.15, 0.2) is 34.9 Å². The van der Waals surface area contributed by atoms with Crippen molar-refractivity contribution in [2.24, 2.45) is 5.92 Å². The zero-order chi connectivity index (χ0) is 17.6. The van der Waals surface area contributed by atoms with Crippen LogP contribution in [0.3, 0.4) is 0 Å². The van der Waals surface area contributed by atoms with Gasteiger partial charge in [0.2, 0.25) is 0 Å². The van der Waals surface area contributed by atoms with E-state index in [1.165, 1.54) is 5.69 Å². The van der Waals surface area contributed by atoms with Crippen molar-refractivity contribution in [1.29, 1.82) is 0 Å². The average Bonchev–Trinajstić information content (AvgIpc) is 3.07. The molecule has 1 aromatic heterocycles. The van der Waals surface area contributed by atoms with Crippen LogP contribution in [0.4, 0.5) is 5.69 Å². The molecule has 25 heavy (non-hydrogen) atoms. The first-order valence-corrected chi connectivity index (χ1v) is 9.21. The number of nitrogens with zero attached hydrogens (tertiary/aromatic N) is 2. The van der Waals surface area contributed by atoms with Gasteiger partial charge in [-0.25, -0.2) is 0 Å². The van der Waals surface area contributed by atoms with Crippen LogP contribution in [0.25, 0.3) is 0 Å². The van der Waals surface area contributed by atoms with E-state index in [4.69, 9.17) is 9.26 Å². The lowest BCUT2D eigenvalue weighted by molar-refractivity contribution is 0.342. The summed E-state index contributed by atoms with van der Waals surface area (Å²) in [6.07, 6.45) is 3.23. The quantitative estimate of drug-likeness (QED) is 0.832. The van der Waals surface area contributed by atoms with Gasteiger partial charge in [-0.15, -0.1) is 0 Å². The van der Waals surface area contributed by atoms with E-state index in [1.54, 1.807) is 7.11 Å². The highest BCUT2D eigenvalue weighted by molar-refractivity contribution is 5.51. The molecule has 1 aliphatic heterocycles. The SMILES string of the molecule is COc1cccc(N2CCC(NCc3cc(CC(C)C)no3)CC2)c1. The van der Waals surface area contributed by atoms with E-state index < -0.39 is 0 Å². The predicted molar refractivity (Wildman–Crippen MR) is 100 cm³/mol. The zero-order valence-corrected chi connectivity index (χ0v) is 15.5. The summed E-state index contributed by atoms with van der Waals surface area (Å²) in [5.74, 6) is 2.46. The lowest BCUT2D eigenvalue weighted by Gasteiger charge is -2.34. The Bertz CT molecular complexity index is 660. The van der Waals surface area contributed by atoms with Gasteiger partial charge in [0.15, 0.2) is 5.76 Å². The number of methoxy groups -OCH3 is 1. The second kappa shape index (κ2) is 8.39. The molecule has 0 radical (unpaired) electrons. The van der Waals surface area contributed by atoms with Crippen LogP contribution in [-0.4, -0.2) is 31.4 Å². The minimum Gasteiger partial charge on any atom is -0.497 e. The smallest absolute Gasteiger partial charge is 0.150 e. The third kappa shape index (κ3) is 4.98. The van der Waals surface area contributed by atoms with E-state index in [1.807, 2.05) is 6.07 Å². The highest BCUT2D eigenvalue weighted by Crippen LogP contribution is 2.24. The fraction of sp³-hybridized carbons (Fsp3) is 0.550. The molecule has 1 fully saturated rings. The first-order valence-electron chi connectivity index (χ1n) is 9.21. The first kappa shape index (κ1) is 17.8. The average molecular weight is 343 g/mol. The molecule has 0 unspecified atom stereocenters. The molecule has 0 spiro atoms. The number of hydrogen-bond acceptors (Lipinski definition) is 5. The van der Waals surface area contributed by atoms with Crippen LogP contribution in [0, 0.1) is 5.92 Å². The third-order valence-corrected chi connectivity index (χ3v) is 4.70. The van der Waals surface area contributed by atoms with E-state index in [0.29, 0.717) is 12.0 Å². The summed E-state index contributed by atoms with van der Waals surface area (Å²) >= 11 is 0. The van der Waals surface area contributed by atoms with Crippen LogP contribution < -0.4 is 15.0 Å². The summed E-state index contributed by atoms with van der Waals surface area (Å²) in [4.78, 5) is 2.43. The number of anilines is 1. The Kier molecular flexibility index (Phi) is 5.97. The van der Waals surface area contributed by atoms with Crippen molar-refractivity contribution in [3.05, 3.63) is 41.8 Å². The maximum atomic E-state index is 5.44. The Balaban J connectivity index is 1.45. The van der Waals surface area contributed by atoms with Crippen LogP contribution in [0.1, 0.15) is 38.1 Å². The Morgan fingerprint density at radius 1 is 1.28 bits per heavy atom. The van der Waals surface area contributed by atoms with Gasteiger partial charge in [0, 0.05) is 37.0 Å². The summed E-state index contributed by atoms with van der Waals surface area (Å²) in [5.41, 5.74) is 2.30. The van der Waals surface area contributed by atoms with E-state index in [-0.39, 0.29) is 0 Å². The number of piperidine rings is 1. The van der Waals surface area contributed by atoms with Crippen molar-refractivity contribution in [1.82, 2.24) is 10.5 Å². The second-order valence-electron chi connectivity index (χ2n) is 7.23. The van der Waals surface area contributed by atoms with E-state index in [0.717, 1.165) is 56.1 Å². The molecular formula is C20H29N3O2. The van der Waals surface area contributed by atoms with Crippen LogP contribution in [0.5, 0.6) is 5.75 Å². The minimum atomic E-state index is 0.528. The van der Waals surface area contributed by atoms with E-state index in [2.05, 4.69) is 53.5 Å². The Morgan fingerprint density at radius 3 is 2.80 bits per heavy atom. The van der Waals surface area contributed by atoms with Gasteiger partial charge in [-0.3, -0.25) is 0 Å². The monoisotopic (exact) mass is 343 g/mol. The highest BCUT2D eigenvalue weighted by atomic mass is 16.5. The first-order chi connectivity index (χ1) is 12.1. The summed E-state index contributed by atoms with van der Waals surface area (Å²) in [6.45, 7) is 7.26. The summed E-state index contributed by atoms with van der Waals surface area (Å²) in [6, 6.07) is 10.9. The number of rotatable bonds is 7. The highest BCUT2D eigenvalue weighted by Gasteiger charge is 2.20. The molecule has 1 saturated heterocycles. The van der Waals surface area contributed by atoms with Crippen LogP contribution in [0.2, 0.25) is 0 Å². The van der Waals surface area contributed by atoms with Crippen molar-refractivity contribution in [2.75, 3.05) is 25.1 Å². The number of hydrogen-bond donors (Lipinski definition) is 1. The molecule has 0 atom stereocenters.